The molecule has 1 atom stereocenters. The van der Waals surface area contributed by atoms with Crippen LogP contribution in [0, 0.1) is 0 Å². The maximum Gasteiger partial charge on any atom is 0.223 e. The molecule has 0 radical (unpaired) electrons. The molecule has 4 nitrogen and oxygen atoms in total. The molecule has 0 spiro atoms. The molecule has 110 valence electrons. The van der Waals surface area contributed by atoms with Crippen LogP contribution in [0.3, 0.4) is 0 Å². The highest BCUT2D eigenvalue weighted by atomic mass is 16.5. The number of nitrogens with zero attached hydrogens (tertiary/aromatic N) is 2. The molecule has 2 heterocycles. The summed E-state index contributed by atoms with van der Waals surface area (Å²) in [6, 6.07) is 3.99. The fraction of sp³-hybridized carbons (Fsp3) is 0.625. The van der Waals surface area contributed by atoms with Gasteiger partial charge in [0.15, 0.2) is 0 Å². The number of rotatable bonds is 4. The van der Waals surface area contributed by atoms with Crippen LogP contribution in [0.1, 0.15) is 39.2 Å². The van der Waals surface area contributed by atoms with E-state index in [1.807, 2.05) is 24.1 Å². The molecule has 1 amide bonds. The van der Waals surface area contributed by atoms with E-state index in [0.29, 0.717) is 19.6 Å². The third-order valence-corrected chi connectivity index (χ3v) is 3.77. The van der Waals surface area contributed by atoms with Gasteiger partial charge in [-0.05, 0) is 45.2 Å². The second-order valence-corrected chi connectivity index (χ2v) is 6.15. The highest BCUT2D eigenvalue weighted by Gasteiger charge is 2.36. The van der Waals surface area contributed by atoms with Crippen LogP contribution in [0.5, 0.6) is 0 Å². The average molecular weight is 276 g/mol. The van der Waals surface area contributed by atoms with Gasteiger partial charge in [-0.15, -0.1) is 0 Å². The third-order valence-electron chi connectivity index (χ3n) is 3.77. The number of carbonyl (C=O) groups excluding carboxylic acids is 1. The molecule has 1 fully saturated rings. The van der Waals surface area contributed by atoms with E-state index < -0.39 is 0 Å². The fourth-order valence-corrected chi connectivity index (χ4v) is 2.55. The van der Waals surface area contributed by atoms with Crippen molar-refractivity contribution in [2.24, 2.45) is 0 Å². The number of aromatic nitrogens is 1. The van der Waals surface area contributed by atoms with Gasteiger partial charge in [0, 0.05) is 25.4 Å². The minimum absolute atomic E-state index is 0.130. The van der Waals surface area contributed by atoms with Crippen molar-refractivity contribution in [1.29, 1.82) is 0 Å². The van der Waals surface area contributed by atoms with E-state index in [-0.39, 0.29) is 17.6 Å². The lowest BCUT2D eigenvalue weighted by Crippen LogP contribution is -2.57. The molecule has 1 aliphatic rings. The Kier molecular flexibility index (Phi) is 4.76. The van der Waals surface area contributed by atoms with Gasteiger partial charge in [0.2, 0.25) is 5.91 Å². The molecule has 1 unspecified atom stereocenters. The van der Waals surface area contributed by atoms with Gasteiger partial charge in [0.05, 0.1) is 18.2 Å². The summed E-state index contributed by atoms with van der Waals surface area (Å²) in [4.78, 5) is 18.5. The summed E-state index contributed by atoms with van der Waals surface area (Å²) in [5.74, 6) is 0.231. The summed E-state index contributed by atoms with van der Waals surface area (Å²) in [7, 11) is 0. The van der Waals surface area contributed by atoms with Gasteiger partial charge >= 0.3 is 0 Å². The molecule has 1 aromatic heterocycles. The van der Waals surface area contributed by atoms with Gasteiger partial charge in [0.1, 0.15) is 0 Å². The van der Waals surface area contributed by atoms with Crippen molar-refractivity contribution < 1.29 is 9.53 Å². The number of amides is 1. The maximum atomic E-state index is 12.4. The highest BCUT2D eigenvalue weighted by molar-refractivity contribution is 5.77. The van der Waals surface area contributed by atoms with Crippen molar-refractivity contribution in [3.63, 3.8) is 0 Å². The van der Waals surface area contributed by atoms with Crippen LogP contribution in [0.25, 0.3) is 0 Å². The lowest BCUT2D eigenvalue weighted by Gasteiger charge is -2.44. The summed E-state index contributed by atoms with van der Waals surface area (Å²) >= 11 is 0. The Hall–Kier alpha value is -1.42. The van der Waals surface area contributed by atoms with Crippen LogP contribution in [-0.2, 0) is 16.0 Å². The molecule has 1 saturated heterocycles. The number of ether oxygens (including phenoxy) is 1. The van der Waals surface area contributed by atoms with Crippen molar-refractivity contribution in [3.8, 4) is 0 Å². The first-order chi connectivity index (χ1) is 9.49. The summed E-state index contributed by atoms with van der Waals surface area (Å²) in [6.07, 6.45) is 6.12. The Balaban J connectivity index is 1.84. The Bertz CT molecular complexity index is 445. The van der Waals surface area contributed by atoms with Crippen LogP contribution in [0.4, 0.5) is 0 Å². The molecule has 2 rings (SSSR count). The van der Waals surface area contributed by atoms with Gasteiger partial charge in [-0.25, -0.2) is 0 Å². The smallest absolute Gasteiger partial charge is 0.223 e. The van der Waals surface area contributed by atoms with E-state index in [9.17, 15) is 4.79 Å². The maximum absolute atomic E-state index is 12.4. The normalized spacial score (nSPS) is 21.8. The Morgan fingerprint density at radius 3 is 3.05 bits per heavy atom. The van der Waals surface area contributed by atoms with Crippen LogP contribution in [-0.4, -0.2) is 40.6 Å². The first-order valence-corrected chi connectivity index (χ1v) is 7.30. The molecule has 0 aliphatic carbocycles. The molecular weight excluding hydrogens is 252 g/mol. The Morgan fingerprint density at radius 2 is 2.35 bits per heavy atom. The van der Waals surface area contributed by atoms with Gasteiger partial charge in [-0.2, -0.15) is 0 Å². The zero-order chi connectivity index (χ0) is 14.6. The van der Waals surface area contributed by atoms with E-state index in [0.717, 1.165) is 12.8 Å². The van der Waals surface area contributed by atoms with E-state index in [1.54, 1.807) is 6.20 Å². The molecule has 0 N–H and O–H groups in total. The lowest BCUT2D eigenvalue weighted by atomic mass is 9.99. The predicted octanol–water partition coefficient (Wildman–Crippen LogP) is 2.43. The molecule has 20 heavy (non-hydrogen) atoms. The molecule has 0 saturated carbocycles. The van der Waals surface area contributed by atoms with E-state index >= 15 is 0 Å². The van der Waals surface area contributed by atoms with Crippen LogP contribution < -0.4 is 0 Å². The van der Waals surface area contributed by atoms with Gasteiger partial charge in [0.25, 0.3) is 0 Å². The minimum Gasteiger partial charge on any atom is -0.374 e. The fourth-order valence-electron chi connectivity index (χ4n) is 2.55. The topological polar surface area (TPSA) is 42.4 Å². The second kappa shape index (κ2) is 6.35. The molecule has 1 aliphatic heterocycles. The quantitative estimate of drug-likeness (QED) is 0.848. The summed E-state index contributed by atoms with van der Waals surface area (Å²) in [5, 5.41) is 0. The average Bonchev–Trinajstić information content (AvgIpc) is 2.42. The molecule has 0 aromatic carbocycles. The summed E-state index contributed by atoms with van der Waals surface area (Å²) < 4.78 is 5.65. The van der Waals surface area contributed by atoms with Crippen molar-refractivity contribution in [3.05, 3.63) is 30.1 Å². The predicted molar refractivity (Wildman–Crippen MR) is 78.4 cm³/mol. The largest absolute Gasteiger partial charge is 0.374 e. The number of hydrogen-bond acceptors (Lipinski definition) is 3. The highest BCUT2D eigenvalue weighted by Crippen LogP contribution is 2.23. The zero-order valence-electron chi connectivity index (χ0n) is 12.6. The molecule has 4 heteroatoms. The van der Waals surface area contributed by atoms with Crippen LogP contribution in [0.15, 0.2) is 24.5 Å². The molecule has 1 aromatic rings. The van der Waals surface area contributed by atoms with Crippen molar-refractivity contribution in [2.45, 2.75) is 51.7 Å². The number of carbonyl (C=O) groups is 1. The van der Waals surface area contributed by atoms with Crippen molar-refractivity contribution >= 4 is 5.91 Å². The minimum atomic E-state index is -0.197. The summed E-state index contributed by atoms with van der Waals surface area (Å²) in [5.41, 5.74) is 0.993. The van der Waals surface area contributed by atoms with Crippen LogP contribution in [0.2, 0.25) is 0 Å². The number of hydrogen-bond donors (Lipinski definition) is 0. The number of morpholine rings is 1. The van der Waals surface area contributed by atoms with Crippen LogP contribution >= 0.6 is 0 Å². The van der Waals surface area contributed by atoms with Gasteiger partial charge in [-0.3, -0.25) is 9.78 Å². The monoisotopic (exact) mass is 276 g/mol. The first kappa shape index (κ1) is 15.0. The van der Waals surface area contributed by atoms with E-state index in [2.05, 4.69) is 24.9 Å². The standard InChI is InChI=1S/C16H24N2O2/c1-13-11-18(16(2,3)12-20-13)15(19)8-4-6-14-7-5-9-17-10-14/h5,7,9-10,13H,4,6,8,11-12H2,1-3H3. The van der Waals surface area contributed by atoms with E-state index in [1.165, 1.54) is 5.56 Å². The first-order valence-electron chi connectivity index (χ1n) is 7.30. The Morgan fingerprint density at radius 1 is 1.55 bits per heavy atom. The lowest BCUT2D eigenvalue weighted by molar-refractivity contribution is -0.152. The van der Waals surface area contributed by atoms with Crippen molar-refractivity contribution in [1.82, 2.24) is 9.88 Å². The number of aryl methyl sites for hydroxylation is 1. The van der Waals surface area contributed by atoms with Gasteiger partial charge < -0.3 is 9.64 Å². The molecular formula is C16H24N2O2. The SMILES string of the molecule is CC1CN(C(=O)CCCc2cccnc2)C(C)(C)CO1. The van der Waals surface area contributed by atoms with E-state index in [4.69, 9.17) is 4.74 Å². The van der Waals surface area contributed by atoms with Gasteiger partial charge in [-0.1, -0.05) is 6.07 Å². The summed E-state index contributed by atoms with van der Waals surface area (Å²) in [6.45, 7) is 7.46. The van der Waals surface area contributed by atoms with Crippen molar-refractivity contribution in [2.75, 3.05) is 13.2 Å². The third kappa shape index (κ3) is 3.79. The second-order valence-electron chi connectivity index (χ2n) is 6.15. The number of pyridine rings is 1. The zero-order valence-corrected chi connectivity index (χ0v) is 12.6. The molecule has 0 bridgehead atoms. The Labute approximate surface area is 121 Å².